The van der Waals surface area contributed by atoms with Gasteiger partial charge in [0.15, 0.2) is 0 Å². The number of carbonyl (C=O) groups excluding carboxylic acids is 2. The van der Waals surface area contributed by atoms with Crippen molar-refractivity contribution >= 4 is 28.7 Å². The zero-order chi connectivity index (χ0) is 17.6. The Morgan fingerprint density at radius 1 is 1.12 bits per heavy atom. The molecule has 0 saturated heterocycles. The smallest absolute Gasteiger partial charge is 0.233 e. The summed E-state index contributed by atoms with van der Waals surface area (Å²) < 4.78 is 0. The van der Waals surface area contributed by atoms with Crippen LogP contribution in [-0.2, 0) is 4.79 Å². The van der Waals surface area contributed by atoms with Gasteiger partial charge >= 0.3 is 0 Å². The minimum absolute atomic E-state index is 0.0901. The summed E-state index contributed by atoms with van der Waals surface area (Å²) in [6.07, 6.45) is 1.50. The van der Waals surface area contributed by atoms with E-state index in [9.17, 15) is 9.59 Å². The lowest BCUT2D eigenvalue weighted by molar-refractivity contribution is -0.117. The topological polar surface area (TPSA) is 72.0 Å². The van der Waals surface area contributed by atoms with Crippen LogP contribution in [0, 0.1) is 0 Å². The van der Waals surface area contributed by atoms with E-state index in [2.05, 4.69) is 15.5 Å². The van der Waals surface area contributed by atoms with Crippen molar-refractivity contribution in [3.8, 4) is 10.6 Å². The number of hydrogen-bond donors (Lipinski definition) is 1. The molecule has 0 aliphatic heterocycles. The zero-order valence-electron chi connectivity index (χ0n) is 13.7. The van der Waals surface area contributed by atoms with Gasteiger partial charge in [-0.1, -0.05) is 72.9 Å². The van der Waals surface area contributed by atoms with Crippen molar-refractivity contribution in [2.75, 3.05) is 5.32 Å². The van der Waals surface area contributed by atoms with Gasteiger partial charge in [-0.25, -0.2) is 0 Å². The lowest BCUT2D eigenvalue weighted by Crippen LogP contribution is -2.20. The molecular formula is C19H17N3O2S. The van der Waals surface area contributed by atoms with E-state index in [1.165, 1.54) is 11.3 Å². The maximum absolute atomic E-state index is 12.6. The Labute approximate surface area is 149 Å². The average Bonchev–Trinajstić information content (AvgIpc) is 3.12. The highest BCUT2D eigenvalue weighted by atomic mass is 32.1. The molecule has 1 N–H and O–H groups in total. The van der Waals surface area contributed by atoms with Crippen molar-refractivity contribution < 1.29 is 9.59 Å². The number of aromatic nitrogens is 2. The van der Waals surface area contributed by atoms with Crippen molar-refractivity contribution in [2.45, 2.75) is 19.3 Å². The van der Waals surface area contributed by atoms with Gasteiger partial charge in [-0.15, -0.1) is 10.2 Å². The minimum Gasteiger partial charge on any atom is -0.300 e. The van der Waals surface area contributed by atoms with Gasteiger partial charge in [0.1, 0.15) is 11.3 Å². The normalized spacial score (nSPS) is 11.7. The number of hydrogen-bond acceptors (Lipinski definition) is 5. The van der Waals surface area contributed by atoms with E-state index in [4.69, 9.17) is 0 Å². The minimum atomic E-state index is -0.222. The van der Waals surface area contributed by atoms with E-state index in [1.807, 2.05) is 49.4 Å². The molecule has 0 saturated carbocycles. The number of anilines is 1. The molecule has 0 fully saturated rings. The highest BCUT2D eigenvalue weighted by Crippen LogP contribution is 2.28. The Kier molecular flexibility index (Phi) is 5.30. The number of amides is 1. The number of benzene rings is 2. The monoisotopic (exact) mass is 351 g/mol. The van der Waals surface area contributed by atoms with Gasteiger partial charge in [0.25, 0.3) is 0 Å². The van der Waals surface area contributed by atoms with Crippen LogP contribution >= 0.6 is 11.3 Å². The molecular weight excluding hydrogens is 334 g/mol. The molecule has 0 aliphatic rings. The standard InChI is InChI=1S/C19H17N3O2S/c1-2-16(14-6-4-3-5-7-14)17(24)20-19-22-21-18(25-19)15-10-8-13(12-23)9-11-15/h3-12,16H,2H2,1H3,(H,20,22,24). The fourth-order valence-corrected chi connectivity index (χ4v) is 3.30. The summed E-state index contributed by atoms with van der Waals surface area (Å²) in [7, 11) is 0. The van der Waals surface area contributed by atoms with Crippen LogP contribution < -0.4 is 5.32 Å². The highest BCUT2D eigenvalue weighted by molar-refractivity contribution is 7.18. The van der Waals surface area contributed by atoms with Crippen LogP contribution in [0.15, 0.2) is 54.6 Å². The lowest BCUT2D eigenvalue weighted by atomic mass is 9.96. The maximum atomic E-state index is 12.6. The van der Waals surface area contributed by atoms with Gasteiger partial charge in [-0.3, -0.25) is 14.9 Å². The van der Waals surface area contributed by atoms with Crippen LogP contribution in [0.1, 0.15) is 35.2 Å². The van der Waals surface area contributed by atoms with Crippen LogP contribution in [0.25, 0.3) is 10.6 Å². The van der Waals surface area contributed by atoms with Crippen LogP contribution in [0.2, 0.25) is 0 Å². The molecule has 126 valence electrons. The molecule has 0 spiro atoms. The van der Waals surface area contributed by atoms with E-state index in [0.29, 0.717) is 22.1 Å². The van der Waals surface area contributed by atoms with Crippen LogP contribution in [0.3, 0.4) is 0 Å². The summed E-state index contributed by atoms with van der Waals surface area (Å²) in [5.41, 5.74) is 2.45. The molecule has 25 heavy (non-hydrogen) atoms. The molecule has 3 aromatic rings. The van der Waals surface area contributed by atoms with Gasteiger partial charge in [0.2, 0.25) is 11.0 Å². The predicted octanol–water partition coefficient (Wildman–Crippen LogP) is 4.15. The number of nitrogens with zero attached hydrogens (tertiary/aromatic N) is 2. The van der Waals surface area contributed by atoms with Crippen molar-refractivity contribution in [1.29, 1.82) is 0 Å². The van der Waals surface area contributed by atoms with E-state index in [1.54, 1.807) is 12.1 Å². The van der Waals surface area contributed by atoms with Gasteiger partial charge in [-0.05, 0) is 12.0 Å². The first-order valence-electron chi connectivity index (χ1n) is 7.96. The number of carbonyl (C=O) groups is 2. The molecule has 5 nitrogen and oxygen atoms in total. The highest BCUT2D eigenvalue weighted by Gasteiger charge is 2.20. The number of rotatable bonds is 6. The summed E-state index contributed by atoms with van der Waals surface area (Å²) in [5, 5.41) is 12.2. The molecule has 3 rings (SSSR count). The van der Waals surface area contributed by atoms with Crippen LogP contribution in [0.5, 0.6) is 0 Å². The summed E-state index contributed by atoms with van der Waals surface area (Å²) >= 11 is 1.31. The van der Waals surface area contributed by atoms with Crippen molar-refractivity contribution in [2.24, 2.45) is 0 Å². The third-order valence-electron chi connectivity index (χ3n) is 3.88. The molecule has 0 radical (unpaired) electrons. The fourth-order valence-electron chi connectivity index (χ4n) is 2.54. The SMILES string of the molecule is CCC(C(=O)Nc1nnc(-c2ccc(C=O)cc2)s1)c1ccccc1. The van der Waals surface area contributed by atoms with E-state index in [0.717, 1.165) is 17.4 Å². The second kappa shape index (κ2) is 7.81. The molecule has 1 atom stereocenters. The Hall–Kier alpha value is -2.86. The first kappa shape index (κ1) is 17.0. The van der Waals surface area contributed by atoms with E-state index >= 15 is 0 Å². The number of nitrogens with one attached hydrogen (secondary N) is 1. The van der Waals surface area contributed by atoms with Crippen LogP contribution in [0.4, 0.5) is 5.13 Å². The van der Waals surface area contributed by atoms with Gasteiger partial charge in [0.05, 0.1) is 5.92 Å². The third kappa shape index (κ3) is 3.97. The lowest BCUT2D eigenvalue weighted by Gasteiger charge is -2.13. The van der Waals surface area contributed by atoms with Gasteiger partial charge in [0, 0.05) is 11.1 Å². The van der Waals surface area contributed by atoms with Crippen molar-refractivity contribution in [3.63, 3.8) is 0 Å². The van der Waals surface area contributed by atoms with Crippen LogP contribution in [-0.4, -0.2) is 22.4 Å². The quantitative estimate of drug-likeness (QED) is 0.677. The van der Waals surface area contributed by atoms with Crippen molar-refractivity contribution in [1.82, 2.24) is 10.2 Å². The number of aldehydes is 1. The second-order valence-corrected chi connectivity index (χ2v) is 6.49. The fraction of sp³-hybridized carbons (Fsp3) is 0.158. The largest absolute Gasteiger partial charge is 0.300 e. The summed E-state index contributed by atoms with van der Waals surface area (Å²) in [6.45, 7) is 1.98. The first-order valence-corrected chi connectivity index (χ1v) is 8.78. The van der Waals surface area contributed by atoms with Crippen molar-refractivity contribution in [3.05, 3.63) is 65.7 Å². The first-order chi connectivity index (χ1) is 12.2. The Bertz CT molecular complexity index is 860. The van der Waals surface area contributed by atoms with E-state index in [-0.39, 0.29) is 11.8 Å². The molecule has 1 unspecified atom stereocenters. The molecule has 0 bridgehead atoms. The summed E-state index contributed by atoms with van der Waals surface area (Å²) in [5.74, 6) is -0.312. The molecule has 1 amide bonds. The van der Waals surface area contributed by atoms with Gasteiger partial charge in [-0.2, -0.15) is 0 Å². The Morgan fingerprint density at radius 2 is 1.84 bits per heavy atom. The van der Waals surface area contributed by atoms with Gasteiger partial charge < -0.3 is 0 Å². The summed E-state index contributed by atoms with van der Waals surface area (Å²) in [6, 6.07) is 16.8. The second-order valence-electron chi connectivity index (χ2n) is 5.51. The molecule has 0 aliphatic carbocycles. The third-order valence-corrected chi connectivity index (χ3v) is 4.76. The molecule has 1 aromatic heterocycles. The molecule has 6 heteroatoms. The summed E-state index contributed by atoms with van der Waals surface area (Å²) in [4.78, 5) is 23.3. The Balaban J connectivity index is 1.73. The van der Waals surface area contributed by atoms with E-state index < -0.39 is 0 Å². The molecule has 2 aromatic carbocycles. The predicted molar refractivity (Wildman–Crippen MR) is 98.8 cm³/mol. The maximum Gasteiger partial charge on any atom is 0.233 e. The Morgan fingerprint density at radius 3 is 2.48 bits per heavy atom. The molecule has 1 heterocycles. The average molecular weight is 351 g/mol. The zero-order valence-corrected chi connectivity index (χ0v) is 14.5.